The summed E-state index contributed by atoms with van der Waals surface area (Å²) in [7, 11) is 0. The molecule has 2 heterocycles. The van der Waals surface area contributed by atoms with Crippen LogP contribution in [0.25, 0.3) is 0 Å². The van der Waals surface area contributed by atoms with E-state index in [4.69, 9.17) is 5.73 Å². The lowest BCUT2D eigenvalue weighted by molar-refractivity contribution is 0.589. The molecule has 1 aromatic rings. The minimum atomic E-state index is 0.230. The van der Waals surface area contributed by atoms with Crippen molar-refractivity contribution >= 4 is 0 Å². The van der Waals surface area contributed by atoms with Crippen molar-refractivity contribution in [2.45, 2.75) is 45.2 Å². The highest BCUT2D eigenvalue weighted by molar-refractivity contribution is 5.01. The molecule has 1 aromatic heterocycles. The van der Waals surface area contributed by atoms with Crippen LogP contribution >= 0.6 is 0 Å². The maximum Gasteiger partial charge on any atom is 0.134 e. The van der Waals surface area contributed by atoms with Crippen LogP contribution in [0, 0.1) is 0 Å². The minimum absolute atomic E-state index is 0.230. The Morgan fingerprint density at radius 3 is 3.15 bits per heavy atom. The van der Waals surface area contributed by atoms with Crippen LogP contribution in [0.1, 0.15) is 31.4 Å². The van der Waals surface area contributed by atoms with E-state index >= 15 is 0 Å². The number of nitrogens with zero attached hydrogens (tertiary/aromatic N) is 3. The first-order valence-electron chi connectivity index (χ1n) is 4.97. The fraction of sp³-hybridized carbons (Fsp3) is 0.778. The van der Waals surface area contributed by atoms with Gasteiger partial charge in [0.2, 0.25) is 0 Å². The summed E-state index contributed by atoms with van der Waals surface area (Å²) in [6.07, 6.45) is 4.15. The summed E-state index contributed by atoms with van der Waals surface area (Å²) in [5.41, 5.74) is 5.88. The van der Waals surface area contributed by atoms with Gasteiger partial charge < -0.3 is 10.3 Å². The molecule has 4 nitrogen and oxygen atoms in total. The van der Waals surface area contributed by atoms with E-state index in [9.17, 15) is 0 Å². The number of aromatic nitrogens is 3. The quantitative estimate of drug-likeness (QED) is 0.737. The van der Waals surface area contributed by atoms with E-state index in [0.29, 0.717) is 0 Å². The van der Waals surface area contributed by atoms with E-state index in [0.717, 1.165) is 37.5 Å². The van der Waals surface area contributed by atoms with Gasteiger partial charge in [0.05, 0.1) is 0 Å². The van der Waals surface area contributed by atoms with Gasteiger partial charge in [0, 0.05) is 25.4 Å². The Balaban J connectivity index is 2.12. The molecule has 1 unspecified atom stereocenters. The van der Waals surface area contributed by atoms with Gasteiger partial charge in [-0.05, 0) is 12.8 Å². The second-order valence-electron chi connectivity index (χ2n) is 3.66. The second-order valence-corrected chi connectivity index (χ2v) is 3.66. The maximum atomic E-state index is 5.88. The standard InChI is InChI=1S/C9H16N4/c1-2-7(10)6-9-12-11-8-4-3-5-13(8)9/h7H,2-6,10H2,1H3. The van der Waals surface area contributed by atoms with Gasteiger partial charge in [-0.15, -0.1) is 10.2 Å². The first-order valence-corrected chi connectivity index (χ1v) is 4.97. The number of aryl methyl sites for hydroxylation is 1. The predicted molar refractivity (Wildman–Crippen MR) is 50.3 cm³/mol. The molecule has 13 heavy (non-hydrogen) atoms. The highest BCUT2D eigenvalue weighted by Gasteiger charge is 2.17. The molecular formula is C9H16N4. The number of hydrogen-bond donors (Lipinski definition) is 1. The highest BCUT2D eigenvalue weighted by atomic mass is 15.3. The molecule has 1 aliphatic rings. The van der Waals surface area contributed by atoms with E-state index in [-0.39, 0.29) is 6.04 Å². The van der Waals surface area contributed by atoms with Crippen molar-refractivity contribution in [2.24, 2.45) is 5.73 Å². The Labute approximate surface area is 78.1 Å². The smallest absolute Gasteiger partial charge is 0.134 e. The number of nitrogens with two attached hydrogens (primary N) is 1. The van der Waals surface area contributed by atoms with Crippen molar-refractivity contribution < 1.29 is 0 Å². The molecule has 0 spiro atoms. The van der Waals surface area contributed by atoms with Crippen LogP contribution in [-0.4, -0.2) is 20.8 Å². The van der Waals surface area contributed by atoms with E-state index in [2.05, 4.69) is 21.7 Å². The Morgan fingerprint density at radius 2 is 2.38 bits per heavy atom. The third kappa shape index (κ3) is 1.58. The maximum absolute atomic E-state index is 5.88. The summed E-state index contributed by atoms with van der Waals surface area (Å²) >= 11 is 0. The van der Waals surface area contributed by atoms with Crippen LogP contribution < -0.4 is 5.73 Å². The van der Waals surface area contributed by atoms with Crippen molar-refractivity contribution in [2.75, 3.05) is 0 Å². The Kier molecular flexibility index (Phi) is 2.31. The molecule has 0 bridgehead atoms. The van der Waals surface area contributed by atoms with Crippen molar-refractivity contribution in [3.63, 3.8) is 0 Å². The molecule has 0 saturated heterocycles. The number of rotatable bonds is 3. The first-order chi connectivity index (χ1) is 6.31. The fourth-order valence-electron chi connectivity index (χ4n) is 1.74. The van der Waals surface area contributed by atoms with Gasteiger partial charge in [0.15, 0.2) is 0 Å². The van der Waals surface area contributed by atoms with Crippen LogP contribution in [0.15, 0.2) is 0 Å². The zero-order chi connectivity index (χ0) is 9.26. The largest absolute Gasteiger partial charge is 0.327 e. The van der Waals surface area contributed by atoms with Gasteiger partial charge in [-0.1, -0.05) is 6.92 Å². The molecule has 0 aromatic carbocycles. The molecule has 0 radical (unpaired) electrons. The van der Waals surface area contributed by atoms with E-state index in [1.54, 1.807) is 0 Å². The van der Waals surface area contributed by atoms with Crippen molar-refractivity contribution in [3.05, 3.63) is 11.6 Å². The molecule has 72 valence electrons. The normalized spacial score (nSPS) is 17.4. The SMILES string of the molecule is CCC(N)Cc1nnc2n1CCC2. The molecule has 1 aliphatic heterocycles. The average Bonchev–Trinajstić information content (AvgIpc) is 2.69. The Morgan fingerprint density at radius 1 is 1.54 bits per heavy atom. The highest BCUT2D eigenvalue weighted by Crippen LogP contribution is 2.14. The summed E-state index contributed by atoms with van der Waals surface area (Å²) in [6.45, 7) is 3.18. The molecule has 1 atom stereocenters. The van der Waals surface area contributed by atoms with Crippen LogP contribution in [0.2, 0.25) is 0 Å². The van der Waals surface area contributed by atoms with E-state index in [1.165, 1.54) is 6.42 Å². The molecule has 0 amide bonds. The zero-order valence-electron chi connectivity index (χ0n) is 8.03. The topological polar surface area (TPSA) is 56.7 Å². The van der Waals surface area contributed by atoms with Gasteiger partial charge in [-0.25, -0.2) is 0 Å². The molecule has 0 aliphatic carbocycles. The Hall–Kier alpha value is -0.900. The predicted octanol–water partition coefficient (Wildman–Crippen LogP) is 0.504. The monoisotopic (exact) mass is 180 g/mol. The summed E-state index contributed by atoms with van der Waals surface area (Å²) in [6, 6.07) is 0.230. The number of fused-ring (bicyclic) bond motifs is 1. The van der Waals surface area contributed by atoms with Gasteiger partial charge in [0.1, 0.15) is 11.6 Å². The molecule has 2 N–H and O–H groups in total. The van der Waals surface area contributed by atoms with Crippen LogP contribution in [0.3, 0.4) is 0 Å². The van der Waals surface area contributed by atoms with Crippen LogP contribution in [0.5, 0.6) is 0 Å². The van der Waals surface area contributed by atoms with Crippen molar-refractivity contribution in [1.29, 1.82) is 0 Å². The third-order valence-corrected chi connectivity index (χ3v) is 2.66. The molecule has 0 fully saturated rings. The van der Waals surface area contributed by atoms with E-state index < -0.39 is 0 Å². The van der Waals surface area contributed by atoms with Gasteiger partial charge in [0.25, 0.3) is 0 Å². The lowest BCUT2D eigenvalue weighted by atomic mass is 10.1. The van der Waals surface area contributed by atoms with E-state index in [1.807, 2.05) is 0 Å². The molecule has 2 rings (SSSR count). The lowest BCUT2D eigenvalue weighted by Crippen LogP contribution is -2.23. The molecule has 4 heteroatoms. The summed E-state index contributed by atoms with van der Waals surface area (Å²) in [4.78, 5) is 0. The lowest BCUT2D eigenvalue weighted by Gasteiger charge is -2.07. The summed E-state index contributed by atoms with van der Waals surface area (Å²) in [5.74, 6) is 2.21. The van der Waals surface area contributed by atoms with Gasteiger partial charge in [-0.2, -0.15) is 0 Å². The first kappa shape index (κ1) is 8.69. The average molecular weight is 180 g/mol. The van der Waals surface area contributed by atoms with Crippen LogP contribution in [-0.2, 0) is 19.4 Å². The number of hydrogen-bond acceptors (Lipinski definition) is 3. The third-order valence-electron chi connectivity index (χ3n) is 2.66. The van der Waals surface area contributed by atoms with Crippen molar-refractivity contribution in [1.82, 2.24) is 14.8 Å². The van der Waals surface area contributed by atoms with Crippen molar-refractivity contribution in [3.8, 4) is 0 Å². The van der Waals surface area contributed by atoms with Gasteiger partial charge >= 0.3 is 0 Å². The summed E-state index contributed by atoms with van der Waals surface area (Å²) < 4.78 is 2.22. The minimum Gasteiger partial charge on any atom is -0.327 e. The molecular weight excluding hydrogens is 164 g/mol. The van der Waals surface area contributed by atoms with Gasteiger partial charge in [-0.3, -0.25) is 0 Å². The second kappa shape index (κ2) is 3.46. The van der Waals surface area contributed by atoms with Crippen LogP contribution in [0.4, 0.5) is 0 Å². The zero-order valence-corrected chi connectivity index (χ0v) is 8.03. The fourth-order valence-corrected chi connectivity index (χ4v) is 1.74. The Bertz CT molecular complexity index is 292. The molecule has 0 saturated carbocycles. The summed E-state index contributed by atoms with van der Waals surface area (Å²) in [5, 5.41) is 8.30.